The second-order valence-corrected chi connectivity index (χ2v) is 2.84. The standard InChI is InChI=1S/C8H13NO2/c1-9(2)5-7-3-4-11-6-8(7)10/h5H,3-4,6H2,1-2H3. The van der Waals surface area contributed by atoms with E-state index in [1.165, 1.54) is 0 Å². The highest BCUT2D eigenvalue weighted by atomic mass is 16.5. The Labute approximate surface area is 66.6 Å². The molecular formula is C8H13NO2. The molecule has 1 aliphatic heterocycles. The van der Waals surface area contributed by atoms with Gasteiger partial charge in [0.25, 0.3) is 0 Å². The third-order valence-electron chi connectivity index (χ3n) is 1.52. The van der Waals surface area contributed by atoms with Crippen LogP contribution in [0.25, 0.3) is 0 Å². The highest BCUT2D eigenvalue weighted by Gasteiger charge is 2.14. The number of Topliss-reactive ketones (excluding diaryl/α,β-unsaturated/α-hetero) is 1. The fraction of sp³-hybridized carbons (Fsp3) is 0.625. The first kappa shape index (κ1) is 8.27. The normalized spacial score (nSPS) is 22.4. The summed E-state index contributed by atoms with van der Waals surface area (Å²) >= 11 is 0. The minimum atomic E-state index is 0.116. The van der Waals surface area contributed by atoms with Crippen molar-refractivity contribution in [1.82, 2.24) is 4.90 Å². The molecule has 1 rings (SSSR count). The molecular weight excluding hydrogens is 142 g/mol. The molecule has 62 valence electrons. The van der Waals surface area contributed by atoms with Gasteiger partial charge >= 0.3 is 0 Å². The molecule has 0 bridgehead atoms. The van der Waals surface area contributed by atoms with Gasteiger partial charge in [0.1, 0.15) is 6.61 Å². The lowest BCUT2D eigenvalue weighted by molar-refractivity contribution is -0.122. The molecule has 0 amide bonds. The van der Waals surface area contributed by atoms with Crippen molar-refractivity contribution in [2.75, 3.05) is 27.3 Å². The summed E-state index contributed by atoms with van der Waals surface area (Å²) in [6.07, 6.45) is 2.61. The molecule has 0 saturated carbocycles. The number of carbonyl (C=O) groups excluding carboxylic acids is 1. The van der Waals surface area contributed by atoms with Gasteiger partial charge in [-0.05, 0) is 0 Å². The number of ether oxygens (including phenoxy) is 1. The van der Waals surface area contributed by atoms with E-state index >= 15 is 0 Å². The Morgan fingerprint density at radius 1 is 1.55 bits per heavy atom. The minimum absolute atomic E-state index is 0.116. The molecule has 0 unspecified atom stereocenters. The van der Waals surface area contributed by atoms with Crippen molar-refractivity contribution in [3.8, 4) is 0 Å². The monoisotopic (exact) mass is 155 g/mol. The molecule has 0 atom stereocenters. The predicted octanol–water partition coefficient (Wildman–Crippen LogP) is 0.421. The van der Waals surface area contributed by atoms with Gasteiger partial charge in [0.2, 0.25) is 0 Å². The van der Waals surface area contributed by atoms with Crippen molar-refractivity contribution in [1.29, 1.82) is 0 Å². The smallest absolute Gasteiger partial charge is 0.185 e. The molecule has 1 aliphatic rings. The van der Waals surface area contributed by atoms with Crippen LogP contribution in [0.5, 0.6) is 0 Å². The van der Waals surface area contributed by atoms with E-state index < -0.39 is 0 Å². The van der Waals surface area contributed by atoms with E-state index in [-0.39, 0.29) is 12.4 Å². The molecule has 3 nitrogen and oxygen atoms in total. The summed E-state index contributed by atoms with van der Waals surface area (Å²) in [5, 5.41) is 0. The first-order valence-electron chi connectivity index (χ1n) is 3.68. The number of rotatable bonds is 1. The molecule has 0 aromatic rings. The number of hydrogen-bond donors (Lipinski definition) is 0. The van der Waals surface area contributed by atoms with Gasteiger partial charge in [-0.15, -0.1) is 0 Å². The highest BCUT2D eigenvalue weighted by Crippen LogP contribution is 2.09. The second kappa shape index (κ2) is 3.53. The summed E-state index contributed by atoms with van der Waals surface area (Å²) in [6.45, 7) is 0.922. The molecule has 3 heteroatoms. The summed E-state index contributed by atoms with van der Waals surface area (Å²) in [7, 11) is 3.82. The molecule has 1 saturated heterocycles. The second-order valence-electron chi connectivity index (χ2n) is 2.84. The van der Waals surface area contributed by atoms with Gasteiger partial charge in [-0.2, -0.15) is 0 Å². The fourth-order valence-corrected chi connectivity index (χ4v) is 1.03. The zero-order valence-corrected chi connectivity index (χ0v) is 6.96. The van der Waals surface area contributed by atoms with Crippen LogP contribution in [0.2, 0.25) is 0 Å². The number of ketones is 1. The van der Waals surface area contributed by atoms with Gasteiger partial charge in [0.05, 0.1) is 6.61 Å². The van der Waals surface area contributed by atoms with E-state index in [2.05, 4.69) is 0 Å². The predicted molar refractivity (Wildman–Crippen MR) is 42.2 cm³/mol. The molecule has 11 heavy (non-hydrogen) atoms. The van der Waals surface area contributed by atoms with Crippen molar-refractivity contribution in [3.63, 3.8) is 0 Å². The van der Waals surface area contributed by atoms with Gasteiger partial charge in [-0.3, -0.25) is 4.79 Å². The lowest BCUT2D eigenvalue weighted by atomic mass is 10.1. The molecule has 1 fully saturated rings. The Hall–Kier alpha value is -0.830. The molecule has 0 aromatic carbocycles. The average molecular weight is 155 g/mol. The Kier molecular flexibility index (Phi) is 2.65. The van der Waals surface area contributed by atoms with Crippen LogP contribution in [0.4, 0.5) is 0 Å². The minimum Gasteiger partial charge on any atom is -0.383 e. The lowest BCUT2D eigenvalue weighted by Crippen LogP contribution is -2.21. The molecule has 0 aromatic heterocycles. The zero-order chi connectivity index (χ0) is 8.27. The summed E-state index contributed by atoms with van der Waals surface area (Å²) in [5.74, 6) is 0.116. The molecule has 0 N–H and O–H groups in total. The van der Waals surface area contributed by atoms with Crippen molar-refractivity contribution in [2.24, 2.45) is 0 Å². The maximum absolute atomic E-state index is 11.1. The third-order valence-corrected chi connectivity index (χ3v) is 1.52. The first-order valence-corrected chi connectivity index (χ1v) is 3.68. The first-order chi connectivity index (χ1) is 5.20. The van der Waals surface area contributed by atoms with Crippen LogP contribution in [0.3, 0.4) is 0 Å². The highest BCUT2D eigenvalue weighted by molar-refractivity contribution is 5.96. The van der Waals surface area contributed by atoms with Crippen molar-refractivity contribution in [3.05, 3.63) is 11.8 Å². The van der Waals surface area contributed by atoms with Crippen LogP contribution >= 0.6 is 0 Å². The molecule has 0 radical (unpaired) electrons. The quantitative estimate of drug-likeness (QED) is 0.514. The van der Waals surface area contributed by atoms with Crippen LogP contribution in [-0.4, -0.2) is 38.0 Å². The number of nitrogens with zero attached hydrogens (tertiary/aromatic N) is 1. The van der Waals surface area contributed by atoms with Crippen molar-refractivity contribution < 1.29 is 9.53 Å². The Bertz CT molecular complexity index is 185. The van der Waals surface area contributed by atoms with Gasteiger partial charge < -0.3 is 9.64 Å². The van der Waals surface area contributed by atoms with Gasteiger partial charge in [0, 0.05) is 32.3 Å². The largest absolute Gasteiger partial charge is 0.383 e. The van der Waals surface area contributed by atoms with Gasteiger partial charge in [-0.1, -0.05) is 0 Å². The van der Waals surface area contributed by atoms with Gasteiger partial charge in [0.15, 0.2) is 5.78 Å². The Balaban J connectivity index is 2.61. The van der Waals surface area contributed by atoms with E-state index in [4.69, 9.17) is 4.74 Å². The summed E-state index contributed by atoms with van der Waals surface area (Å²) in [5.41, 5.74) is 0.876. The van der Waals surface area contributed by atoms with Crippen LogP contribution in [-0.2, 0) is 9.53 Å². The van der Waals surface area contributed by atoms with E-state index in [1.807, 2.05) is 25.2 Å². The van der Waals surface area contributed by atoms with E-state index in [9.17, 15) is 4.79 Å². The number of carbonyl (C=O) groups is 1. The topological polar surface area (TPSA) is 29.5 Å². The SMILES string of the molecule is CN(C)C=C1CCOCC1=O. The molecule has 0 aliphatic carbocycles. The summed E-state index contributed by atoms with van der Waals surface area (Å²) in [4.78, 5) is 13.0. The zero-order valence-electron chi connectivity index (χ0n) is 6.96. The van der Waals surface area contributed by atoms with Crippen molar-refractivity contribution >= 4 is 5.78 Å². The summed E-state index contributed by atoms with van der Waals surface area (Å²) in [6, 6.07) is 0. The van der Waals surface area contributed by atoms with E-state index in [0.29, 0.717) is 6.61 Å². The maximum atomic E-state index is 11.1. The van der Waals surface area contributed by atoms with Crippen LogP contribution in [0.15, 0.2) is 11.8 Å². The maximum Gasteiger partial charge on any atom is 0.185 e. The molecule has 0 spiro atoms. The van der Waals surface area contributed by atoms with E-state index in [0.717, 1.165) is 12.0 Å². The summed E-state index contributed by atoms with van der Waals surface area (Å²) < 4.78 is 4.98. The number of hydrogen-bond acceptors (Lipinski definition) is 3. The van der Waals surface area contributed by atoms with Crippen LogP contribution in [0.1, 0.15) is 6.42 Å². The van der Waals surface area contributed by atoms with Crippen LogP contribution in [0, 0.1) is 0 Å². The Morgan fingerprint density at radius 3 is 2.82 bits per heavy atom. The van der Waals surface area contributed by atoms with E-state index in [1.54, 1.807) is 0 Å². The molecule has 1 heterocycles. The lowest BCUT2D eigenvalue weighted by Gasteiger charge is -2.15. The third kappa shape index (κ3) is 2.35. The fourth-order valence-electron chi connectivity index (χ4n) is 1.03. The Morgan fingerprint density at radius 2 is 2.27 bits per heavy atom. The van der Waals surface area contributed by atoms with Gasteiger partial charge in [-0.25, -0.2) is 0 Å². The van der Waals surface area contributed by atoms with Crippen molar-refractivity contribution in [2.45, 2.75) is 6.42 Å². The van der Waals surface area contributed by atoms with Crippen LogP contribution < -0.4 is 0 Å². The average Bonchev–Trinajstić information content (AvgIpc) is 1.93.